The van der Waals surface area contributed by atoms with Gasteiger partial charge in [-0.05, 0) is 11.4 Å². The van der Waals surface area contributed by atoms with Gasteiger partial charge in [0.15, 0.2) is 0 Å². The van der Waals surface area contributed by atoms with Crippen LogP contribution in [0.15, 0.2) is 17.6 Å². The highest BCUT2D eigenvalue weighted by atomic mass is 32.1. The second-order valence-corrected chi connectivity index (χ2v) is 4.00. The van der Waals surface area contributed by atoms with Gasteiger partial charge in [-0.1, -0.05) is 0 Å². The molecular formula is C9H12N4S. The minimum atomic E-state index is 0.613. The van der Waals surface area contributed by atoms with Crippen LogP contribution in [-0.4, -0.2) is 30.1 Å². The molecule has 2 aromatic heterocycles. The molecule has 0 saturated heterocycles. The molecule has 0 atom stereocenters. The first-order valence-electron chi connectivity index (χ1n) is 4.42. The molecule has 0 aromatic carbocycles. The molecule has 14 heavy (non-hydrogen) atoms. The van der Waals surface area contributed by atoms with Crippen molar-refractivity contribution >= 4 is 27.5 Å². The van der Waals surface area contributed by atoms with Gasteiger partial charge in [0.2, 0.25) is 5.95 Å². The second-order valence-electron chi connectivity index (χ2n) is 3.05. The Labute approximate surface area is 86.4 Å². The lowest BCUT2D eigenvalue weighted by Crippen LogP contribution is -2.26. The predicted molar refractivity (Wildman–Crippen MR) is 59.7 cm³/mol. The number of nitrogens with two attached hydrogens (primary N) is 1. The molecule has 74 valence electrons. The fraction of sp³-hybridized carbons (Fsp3) is 0.333. The van der Waals surface area contributed by atoms with Crippen LogP contribution in [0.5, 0.6) is 0 Å². The fourth-order valence-corrected chi connectivity index (χ4v) is 1.93. The van der Waals surface area contributed by atoms with Crippen LogP contribution in [0.4, 0.5) is 5.95 Å². The molecule has 0 fully saturated rings. The first kappa shape index (κ1) is 9.36. The van der Waals surface area contributed by atoms with E-state index in [9.17, 15) is 0 Å². The molecule has 2 rings (SSSR count). The van der Waals surface area contributed by atoms with E-state index in [-0.39, 0.29) is 0 Å². The topological polar surface area (TPSA) is 55.0 Å². The standard InChI is InChI=1S/C9H12N4S/c1-13(4-3-10)9-11-6-8-7(12-9)2-5-14-8/h2,5-6H,3-4,10H2,1H3. The van der Waals surface area contributed by atoms with Crippen molar-refractivity contribution in [1.29, 1.82) is 0 Å². The van der Waals surface area contributed by atoms with Gasteiger partial charge in [0.25, 0.3) is 0 Å². The molecule has 0 spiro atoms. The van der Waals surface area contributed by atoms with Crippen molar-refractivity contribution in [2.45, 2.75) is 0 Å². The van der Waals surface area contributed by atoms with Crippen molar-refractivity contribution < 1.29 is 0 Å². The molecule has 0 saturated carbocycles. The highest BCUT2D eigenvalue weighted by molar-refractivity contribution is 7.17. The molecule has 0 radical (unpaired) electrons. The molecule has 0 amide bonds. The molecular weight excluding hydrogens is 196 g/mol. The summed E-state index contributed by atoms with van der Waals surface area (Å²) in [5.74, 6) is 0.737. The summed E-state index contributed by atoms with van der Waals surface area (Å²) in [7, 11) is 1.94. The fourth-order valence-electron chi connectivity index (χ4n) is 1.23. The van der Waals surface area contributed by atoms with Crippen LogP contribution < -0.4 is 10.6 Å². The van der Waals surface area contributed by atoms with E-state index >= 15 is 0 Å². The third-order valence-corrected chi connectivity index (χ3v) is 2.84. The first-order valence-corrected chi connectivity index (χ1v) is 5.30. The van der Waals surface area contributed by atoms with Crippen LogP contribution in [0.3, 0.4) is 0 Å². The van der Waals surface area contributed by atoms with Gasteiger partial charge >= 0.3 is 0 Å². The number of rotatable bonds is 3. The molecule has 5 heteroatoms. The minimum Gasteiger partial charge on any atom is -0.343 e. The van der Waals surface area contributed by atoms with Gasteiger partial charge in [-0.15, -0.1) is 11.3 Å². The van der Waals surface area contributed by atoms with Gasteiger partial charge in [0.05, 0.1) is 16.4 Å². The maximum Gasteiger partial charge on any atom is 0.225 e. The van der Waals surface area contributed by atoms with E-state index in [1.165, 1.54) is 0 Å². The number of hydrogen-bond donors (Lipinski definition) is 1. The quantitative estimate of drug-likeness (QED) is 0.820. The summed E-state index contributed by atoms with van der Waals surface area (Å²) in [4.78, 5) is 10.6. The number of likely N-dealkylation sites (N-methyl/N-ethyl adjacent to an activating group) is 1. The summed E-state index contributed by atoms with van der Waals surface area (Å²) in [6, 6.07) is 2.00. The van der Waals surface area contributed by atoms with Crippen LogP contribution in [0, 0.1) is 0 Å². The van der Waals surface area contributed by atoms with Crippen LogP contribution in [0.1, 0.15) is 0 Å². The van der Waals surface area contributed by atoms with Crippen LogP contribution >= 0.6 is 11.3 Å². The number of fused-ring (bicyclic) bond motifs is 1. The Morgan fingerprint density at radius 1 is 1.57 bits per heavy atom. The summed E-state index contributed by atoms with van der Waals surface area (Å²) < 4.78 is 1.12. The molecule has 2 aromatic rings. The Kier molecular flexibility index (Phi) is 2.60. The number of aromatic nitrogens is 2. The van der Waals surface area contributed by atoms with Gasteiger partial charge in [0.1, 0.15) is 0 Å². The lowest BCUT2D eigenvalue weighted by atomic mass is 10.5. The zero-order valence-corrected chi connectivity index (χ0v) is 8.79. The Morgan fingerprint density at radius 2 is 2.43 bits per heavy atom. The zero-order valence-electron chi connectivity index (χ0n) is 7.97. The van der Waals surface area contributed by atoms with E-state index < -0.39 is 0 Å². The van der Waals surface area contributed by atoms with Gasteiger partial charge < -0.3 is 10.6 Å². The number of nitrogens with zero attached hydrogens (tertiary/aromatic N) is 3. The predicted octanol–water partition coefficient (Wildman–Crippen LogP) is 1.09. The smallest absolute Gasteiger partial charge is 0.225 e. The molecule has 0 bridgehead atoms. The maximum absolute atomic E-state index is 5.46. The Morgan fingerprint density at radius 3 is 3.21 bits per heavy atom. The largest absolute Gasteiger partial charge is 0.343 e. The van der Waals surface area contributed by atoms with E-state index in [0.29, 0.717) is 6.54 Å². The minimum absolute atomic E-state index is 0.613. The van der Waals surface area contributed by atoms with Gasteiger partial charge in [-0.3, -0.25) is 0 Å². The normalized spacial score (nSPS) is 10.7. The molecule has 2 N–H and O–H groups in total. The van der Waals surface area contributed by atoms with E-state index in [2.05, 4.69) is 9.97 Å². The average Bonchev–Trinajstić information content (AvgIpc) is 2.64. The van der Waals surface area contributed by atoms with E-state index in [0.717, 1.165) is 22.7 Å². The second kappa shape index (κ2) is 3.89. The number of anilines is 1. The highest BCUT2D eigenvalue weighted by Crippen LogP contribution is 2.19. The Bertz CT molecular complexity index is 425. The summed E-state index contributed by atoms with van der Waals surface area (Å²) in [5.41, 5.74) is 6.47. The van der Waals surface area contributed by atoms with Crippen molar-refractivity contribution in [3.05, 3.63) is 17.6 Å². The van der Waals surface area contributed by atoms with Crippen molar-refractivity contribution in [3.63, 3.8) is 0 Å². The Balaban J connectivity index is 2.33. The summed E-state index contributed by atoms with van der Waals surface area (Å²) in [6.07, 6.45) is 1.86. The number of thiophene rings is 1. The highest BCUT2D eigenvalue weighted by Gasteiger charge is 2.04. The number of hydrogen-bond acceptors (Lipinski definition) is 5. The molecule has 2 heterocycles. The van der Waals surface area contributed by atoms with Crippen molar-refractivity contribution in [2.24, 2.45) is 5.73 Å². The van der Waals surface area contributed by atoms with Crippen LogP contribution in [0.2, 0.25) is 0 Å². The average molecular weight is 208 g/mol. The Hall–Kier alpha value is -1.20. The lowest BCUT2D eigenvalue weighted by Gasteiger charge is -2.14. The van der Waals surface area contributed by atoms with Gasteiger partial charge in [0, 0.05) is 20.1 Å². The van der Waals surface area contributed by atoms with Crippen LogP contribution in [-0.2, 0) is 0 Å². The van der Waals surface area contributed by atoms with Crippen molar-refractivity contribution in [3.8, 4) is 0 Å². The third kappa shape index (κ3) is 1.69. The van der Waals surface area contributed by atoms with Gasteiger partial charge in [-0.2, -0.15) is 0 Å². The van der Waals surface area contributed by atoms with Crippen molar-refractivity contribution in [1.82, 2.24) is 9.97 Å². The zero-order chi connectivity index (χ0) is 9.97. The van der Waals surface area contributed by atoms with Crippen LogP contribution in [0.25, 0.3) is 10.2 Å². The first-order chi connectivity index (χ1) is 6.81. The summed E-state index contributed by atoms with van der Waals surface area (Å²) >= 11 is 1.65. The van der Waals surface area contributed by atoms with E-state index in [1.807, 2.05) is 29.6 Å². The molecule has 0 unspecified atom stereocenters. The molecule has 0 aliphatic rings. The van der Waals surface area contributed by atoms with E-state index in [4.69, 9.17) is 5.73 Å². The third-order valence-electron chi connectivity index (χ3n) is 2.00. The maximum atomic E-state index is 5.46. The summed E-state index contributed by atoms with van der Waals surface area (Å²) in [6.45, 7) is 1.39. The molecule has 0 aliphatic heterocycles. The lowest BCUT2D eigenvalue weighted by molar-refractivity contribution is 0.851. The molecule has 0 aliphatic carbocycles. The van der Waals surface area contributed by atoms with Gasteiger partial charge in [-0.25, -0.2) is 9.97 Å². The summed E-state index contributed by atoms with van der Waals surface area (Å²) in [5, 5.41) is 2.02. The van der Waals surface area contributed by atoms with Crippen molar-refractivity contribution in [2.75, 3.05) is 25.0 Å². The molecule has 4 nitrogen and oxygen atoms in total. The SMILES string of the molecule is CN(CCN)c1ncc2sccc2n1. The monoisotopic (exact) mass is 208 g/mol. The van der Waals surface area contributed by atoms with E-state index in [1.54, 1.807) is 11.3 Å².